The molecular weight excluding hydrogens is 527 g/mol. The number of nitrogens with one attached hydrogen (secondary N) is 2. The van der Waals surface area contributed by atoms with E-state index >= 15 is 0 Å². The van der Waals surface area contributed by atoms with E-state index in [9.17, 15) is 5.11 Å². The molecule has 6 aromatic rings. The van der Waals surface area contributed by atoms with Gasteiger partial charge in [0.2, 0.25) is 17.1 Å². The lowest BCUT2D eigenvalue weighted by molar-refractivity contribution is 0.474. The molecule has 10 heteroatoms. The highest BCUT2D eigenvalue weighted by Gasteiger charge is 2.13. The third kappa shape index (κ3) is 6.20. The Balaban J connectivity index is 1.27. The molecule has 0 atom stereocenters. The van der Waals surface area contributed by atoms with Gasteiger partial charge in [-0.1, -0.05) is 48.5 Å². The molecule has 0 unspecified atom stereocenters. The van der Waals surface area contributed by atoms with Gasteiger partial charge in [-0.15, -0.1) is 11.3 Å². The summed E-state index contributed by atoms with van der Waals surface area (Å²) in [6.07, 6.45) is 1.65. The molecule has 0 bridgehead atoms. The first kappa shape index (κ1) is 24.5. The second-order valence-corrected chi connectivity index (χ2v) is 10.5. The number of hydrogen-bond acceptors (Lipinski definition) is 10. The number of thiazole rings is 1. The molecule has 0 spiro atoms. The number of benzene rings is 4. The molecule has 4 aromatic carbocycles. The van der Waals surface area contributed by atoms with Crippen molar-refractivity contribution in [1.29, 1.82) is 0 Å². The second-order valence-electron chi connectivity index (χ2n) is 8.30. The third-order valence-electron chi connectivity index (χ3n) is 5.50. The van der Waals surface area contributed by atoms with Gasteiger partial charge in [-0.05, 0) is 66.4 Å². The zero-order chi connectivity index (χ0) is 26.4. The molecule has 0 saturated heterocycles. The molecule has 0 fully saturated rings. The van der Waals surface area contributed by atoms with Gasteiger partial charge in [0.15, 0.2) is 4.34 Å². The number of rotatable bonds is 8. The number of anilines is 4. The lowest BCUT2D eigenvalue weighted by Gasteiger charge is -2.09. The van der Waals surface area contributed by atoms with Crippen LogP contribution in [-0.4, -0.2) is 31.3 Å². The Kier molecular flexibility index (Phi) is 7.11. The average molecular weight is 548 g/mol. The fourth-order valence-electron chi connectivity index (χ4n) is 3.65. The largest absolute Gasteiger partial charge is 0.507 e. The maximum absolute atomic E-state index is 9.98. The third-order valence-corrected chi connectivity index (χ3v) is 7.44. The molecule has 0 aliphatic rings. The Bertz CT molecular complexity index is 1700. The van der Waals surface area contributed by atoms with Gasteiger partial charge in [0.25, 0.3) is 0 Å². The zero-order valence-electron chi connectivity index (χ0n) is 20.4. The number of aromatic hydroxyl groups is 1. The molecule has 6 rings (SSSR count). The van der Waals surface area contributed by atoms with Gasteiger partial charge in [0.05, 0.1) is 15.9 Å². The number of nitrogens with zero attached hydrogens (tertiary/aromatic N) is 5. The number of phenols is 1. The van der Waals surface area contributed by atoms with Gasteiger partial charge in [0, 0.05) is 23.2 Å². The van der Waals surface area contributed by atoms with Crippen LogP contribution in [0.1, 0.15) is 5.56 Å². The van der Waals surface area contributed by atoms with Gasteiger partial charge >= 0.3 is 0 Å². The number of phenolic OH excluding ortho intramolecular Hbond substituents is 1. The van der Waals surface area contributed by atoms with Gasteiger partial charge in [0.1, 0.15) is 5.75 Å². The predicted molar refractivity (Wildman–Crippen MR) is 158 cm³/mol. The summed E-state index contributed by atoms with van der Waals surface area (Å²) in [6.45, 7) is 0. The van der Waals surface area contributed by atoms with E-state index in [1.54, 1.807) is 18.3 Å². The van der Waals surface area contributed by atoms with E-state index in [2.05, 4.69) is 30.6 Å². The zero-order valence-corrected chi connectivity index (χ0v) is 22.0. The molecule has 2 heterocycles. The minimum atomic E-state index is 0.193. The van der Waals surface area contributed by atoms with Crippen LogP contribution >= 0.6 is 23.1 Å². The lowest BCUT2D eigenvalue weighted by atomic mass is 10.2. The molecule has 39 heavy (non-hydrogen) atoms. The summed E-state index contributed by atoms with van der Waals surface area (Å²) in [7, 11) is 0. The van der Waals surface area contributed by atoms with Crippen LogP contribution in [0, 0.1) is 0 Å². The van der Waals surface area contributed by atoms with Crippen LogP contribution in [0.4, 0.5) is 29.0 Å². The van der Waals surface area contributed by atoms with Crippen LogP contribution in [-0.2, 0) is 0 Å². The number of aliphatic imine (C=N–C) groups is 1. The van der Waals surface area contributed by atoms with Crippen molar-refractivity contribution in [2.75, 3.05) is 10.6 Å². The molecular formula is C29H21N7OS2. The van der Waals surface area contributed by atoms with E-state index in [0.717, 1.165) is 31.6 Å². The minimum Gasteiger partial charge on any atom is -0.507 e. The van der Waals surface area contributed by atoms with Crippen molar-refractivity contribution in [1.82, 2.24) is 19.9 Å². The number of hydrogen-bond donors (Lipinski definition) is 3. The quantitative estimate of drug-likeness (QED) is 0.167. The minimum absolute atomic E-state index is 0.193. The van der Waals surface area contributed by atoms with Crippen LogP contribution in [0.2, 0.25) is 0 Å². The highest BCUT2D eigenvalue weighted by Crippen LogP contribution is 2.35. The monoisotopic (exact) mass is 547 g/mol. The topological polar surface area (TPSA) is 108 Å². The van der Waals surface area contributed by atoms with E-state index < -0.39 is 0 Å². The first-order chi connectivity index (χ1) is 19.2. The molecule has 0 aliphatic heterocycles. The Hall–Kier alpha value is -4.80. The Labute approximate surface area is 232 Å². The maximum Gasteiger partial charge on any atom is 0.233 e. The summed E-state index contributed by atoms with van der Waals surface area (Å²) < 4.78 is 1.79. The van der Waals surface area contributed by atoms with Crippen molar-refractivity contribution in [3.8, 4) is 5.75 Å². The predicted octanol–water partition coefficient (Wildman–Crippen LogP) is 7.58. The normalized spacial score (nSPS) is 11.2. The lowest BCUT2D eigenvalue weighted by Crippen LogP contribution is -2.05. The van der Waals surface area contributed by atoms with E-state index in [-0.39, 0.29) is 5.75 Å². The van der Waals surface area contributed by atoms with E-state index in [1.807, 2.05) is 91.0 Å². The van der Waals surface area contributed by atoms with Crippen LogP contribution in [0.3, 0.4) is 0 Å². The van der Waals surface area contributed by atoms with E-state index in [0.29, 0.717) is 22.6 Å². The first-order valence-electron chi connectivity index (χ1n) is 12.0. The molecule has 0 saturated carbocycles. The SMILES string of the molecule is Oc1ccccc1C=Nc1ccc2nc(Sc3nc(Nc4ccccc4)nc(Nc4ccccc4)n3)sc2c1. The first-order valence-corrected chi connectivity index (χ1v) is 13.6. The highest BCUT2D eigenvalue weighted by molar-refractivity contribution is 8.01. The second kappa shape index (κ2) is 11.3. The highest BCUT2D eigenvalue weighted by atomic mass is 32.2. The van der Waals surface area contributed by atoms with Crippen molar-refractivity contribution in [2.45, 2.75) is 9.50 Å². The Morgan fingerprint density at radius 2 is 1.36 bits per heavy atom. The summed E-state index contributed by atoms with van der Waals surface area (Å²) in [4.78, 5) is 23.1. The number of para-hydroxylation sites is 3. The summed E-state index contributed by atoms with van der Waals surface area (Å²) in [5, 5.41) is 17.0. The van der Waals surface area contributed by atoms with Gasteiger partial charge < -0.3 is 15.7 Å². The van der Waals surface area contributed by atoms with Crippen LogP contribution in [0.15, 0.2) is 118 Å². The smallest absolute Gasteiger partial charge is 0.233 e. The van der Waals surface area contributed by atoms with Gasteiger partial charge in [-0.2, -0.15) is 15.0 Å². The summed E-state index contributed by atoms with van der Waals surface area (Å²) in [5.41, 5.74) is 4.05. The maximum atomic E-state index is 9.98. The van der Waals surface area contributed by atoms with Crippen LogP contribution in [0.25, 0.3) is 10.2 Å². The van der Waals surface area contributed by atoms with E-state index in [1.165, 1.54) is 23.1 Å². The van der Waals surface area contributed by atoms with Crippen molar-refractivity contribution < 1.29 is 5.11 Å². The van der Waals surface area contributed by atoms with Crippen LogP contribution in [0.5, 0.6) is 5.75 Å². The Morgan fingerprint density at radius 3 is 2.03 bits per heavy atom. The Morgan fingerprint density at radius 1 is 0.718 bits per heavy atom. The molecule has 2 aromatic heterocycles. The molecule has 0 amide bonds. The summed E-state index contributed by atoms with van der Waals surface area (Å²) in [5.74, 6) is 1.05. The van der Waals surface area contributed by atoms with Crippen LogP contribution < -0.4 is 10.6 Å². The molecule has 0 radical (unpaired) electrons. The van der Waals surface area contributed by atoms with Crippen molar-refractivity contribution >= 4 is 68.5 Å². The standard InChI is InChI=1S/C29H21N7OS2/c37-24-14-8-7-9-19(24)18-30-22-15-16-23-25(17-22)38-29(33-23)39-28-35-26(31-20-10-3-1-4-11-20)34-27(36-28)32-21-12-5-2-6-13-21/h1-18,37H,(H2,31,32,34,35,36). The molecule has 0 aliphatic carbocycles. The van der Waals surface area contributed by atoms with Crippen molar-refractivity contribution in [2.24, 2.45) is 4.99 Å². The fraction of sp³-hybridized carbons (Fsp3) is 0. The number of aromatic nitrogens is 4. The van der Waals surface area contributed by atoms with Crippen molar-refractivity contribution in [3.63, 3.8) is 0 Å². The fourth-order valence-corrected chi connectivity index (χ4v) is 5.60. The molecule has 3 N–H and O–H groups in total. The van der Waals surface area contributed by atoms with Gasteiger partial charge in [-0.25, -0.2) is 4.98 Å². The average Bonchev–Trinajstić information content (AvgIpc) is 3.35. The molecule has 8 nitrogen and oxygen atoms in total. The van der Waals surface area contributed by atoms with Crippen molar-refractivity contribution in [3.05, 3.63) is 109 Å². The summed E-state index contributed by atoms with van der Waals surface area (Å²) in [6, 6.07) is 32.4. The number of fused-ring (bicyclic) bond motifs is 1. The molecule has 190 valence electrons. The van der Waals surface area contributed by atoms with Gasteiger partial charge in [-0.3, -0.25) is 4.99 Å². The summed E-state index contributed by atoms with van der Waals surface area (Å²) >= 11 is 2.91. The van der Waals surface area contributed by atoms with E-state index in [4.69, 9.17) is 4.98 Å².